The van der Waals surface area contributed by atoms with E-state index < -0.39 is 0 Å². The van der Waals surface area contributed by atoms with Crippen LogP contribution in [0.15, 0.2) is 54.7 Å². The lowest BCUT2D eigenvalue weighted by Gasteiger charge is -2.10. The van der Waals surface area contributed by atoms with Crippen molar-refractivity contribution in [3.8, 4) is 11.4 Å². The van der Waals surface area contributed by atoms with E-state index in [2.05, 4.69) is 25.6 Å². The molecular formula is C18H18ClN5. The van der Waals surface area contributed by atoms with Crippen LogP contribution in [0.4, 0.5) is 11.8 Å². The van der Waals surface area contributed by atoms with Crippen molar-refractivity contribution in [2.75, 3.05) is 17.2 Å². The van der Waals surface area contributed by atoms with Gasteiger partial charge in [0.2, 0.25) is 5.95 Å². The number of pyridine rings is 1. The van der Waals surface area contributed by atoms with Crippen LogP contribution in [-0.4, -0.2) is 21.5 Å². The molecule has 2 N–H and O–H groups in total. The van der Waals surface area contributed by atoms with Crippen LogP contribution in [0.3, 0.4) is 0 Å². The molecular weight excluding hydrogens is 322 g/mol. The van der Waals surface area contributed by atoms with E-state index >= 15 is 0 Å². The van der Waals surface area contributed by atoms with Gasteiger partial charge >= 0.3 is 0 Å². The minimum atomic E-state index is 0.583. The van der Waals surface area contributed by atoms with E-state index in [0.29, 0.717) is 12.5 Å². The Bertz CT molecular complexity index is 790. The second-order valence-corrected chi connectivity index (χ2v) is 5.62. The van der Waals surface area contributed by atoms with E-state index in [1.165, 1.54) is 0 Å². The quantitative estimate of drug-likeness (QED) is 0.703. The van der Waals surface area contributed by atoms with Crippen molar-refractivity contribution in [1.82, 2.24) is 15.0 Å². The van der Waals surface area contributed by atoms with Crippen molar-refractivity contribution in [2.45, 2.75) is 13.5 Å². The Balaban J connectivity index is 1.83. The summed E-state index contributed by atoms with van der Waals surface area (Å²) in [6.07, 6.45) is 1.76. The number of anilines is 2. The van der Waals surface area contributed by atoms with Crippen LogP contribution in [-0.2, 0) is 6.54 Å². The Morgan fingerprint density at radius 3 is 2.50 bits per heavy atom. The minimum absolute atomic E-state index is 0.583. The summed E-state index contributed by atoms with van der Waals surface area (Å²) < 4.78 is 0. The number of nitrogens with one attached hydrogen (secondary N) is 2. The fourth-order valence-electron chi connectivity index (χ4n) is 2.22. The average Bonchev–Trinajstić information content (AvgIpc) is 2.62. The highest BCUT2D eigenvalue weighted by Gasteiger charge is 2.07. The SMILES string of the molecule is CCNc1nc(NCc2ccc(Cl)cc2)cc(-c2ccccn2)n1. The fourth-order valence-corrected chi connectivity index (χ4v) is 2.34. The van der Waals surface area contributed by atoms with Crippen molar-refractivity contribution < 1.29 is 0 Å². The van der Waals surface area contributed by atoms with Gasteiger partial charge < -0.3 is 10.6 Å². The molecule has 3 aromatic rings. The number of nitrogens with zero attached hydrogens (tertiary/aromatic N) is 3. The van der Waals surface area contributed by atoms with Crippen LogP contribution >= 0.6 is 11.6 Å². The van der Waals surface area contributed by atoms with Crippen LogP contribution in [0.1, 0.15) is 12.5 Å². The molecule has 6 heteroatoms. The Morgan fingerprint density at radius 1 is 0.958 bits per heavy atom. The first-order chi connectivity index (χ1) is 11.7. The van der Waals surface area contributed by atoms with Crippen LogP contribution in [0, 0.1) is 0 Å². The number of rotatable bonds is 6. The van der Waals surface area contributed by atoms with E-state index in [4.69, 9.17) is 11.6 Å². The third-order valence-electron chi connectivity index (χ3n) is 3.38. The highest BCUT2D eigenvalue weighted by atomic mass is 35.5. The molecule has 0 spiro atoms. The molecule has 0 amide bonds. The van der Waals surface area contributed by atoms with Crippen LogP contribution < -0.4 is 10.6 Å². The van der Waals surface area contributed by atoms with Gasteiger partial charge in [-0.25, -0.2) is 4.98 Å². The maximum Gasteiger partial charge on any atom is 0.225 e. The van der Waals surface area contributed by atoms with Crippen molar-refractivity contribution >= 4 is 23.4 Å². The predicted molar refractivity (Wildman–Crippen MR) is 98.2 cm³/mol. The van der Waals surface area contributed by atoms with Crippen LogP contribution in [0.25, 0.3) is 11.4 Å². The molecule has 5 nitrogen and oxygen atoms in total. The third-order valence-corrected chi connectivity index (χ3v) is 3.63. The summed E-state index contributed by atoms with van der Waals surface area (Å²) in [6.45, 7) is 3.42. The second-order valence-electron chi connectivity index (χ2n) is 5.19. The zero-order valence-electron chi connectivity index (χ0n) is 13.3. The van der Waals surface area contributed by atoms with Gasteiger partial charge in [0, 0.05) is 30.4 Å². The predicted octanol–water partition coefficient (Wildman–Crippen LogP) is 4.24. The molecule has 0 aliphatic rings. The molecule has 0 unspecified atom stereocenters. The topological polar surface area (TPSA) is 62.7 Å². The molecule has 0 fully saturated rings. The smallest absolute Gasteiger partial charge is 0.225 e. The summed E-state index contributed by atoms with van der Waals surface area (Å²) in [5.41, 5.74) is 2.72. The molecule has 24 heavy (non-hydrogen) atoms. The Labute approximate surface area is 146 Å². The summed E-state index contributed by atoms with van der Waals surface area (Å²) in [5.74, 6) is 1.33. The number of benzene rings is 1. The lowest BCUT2D eigenvalue weighted by atomic mass is 10.2. The highest BCUT2D eigenvalue weighted by Crippen LogP contribution is 2.20. The Morgan fingerprint density at radius 2 is 1.79 bits per heavy atom. The first kappa shape index (κ1) is 16.2. The molecule has 3 rings (SSSR count). The van der Waals surface area contributed by atoms with E-state index in [-0.39, 0.29) is 0 Å². The molecule has 0 saturated carbocycles. The minimum Gasteiger partial charge on any atom is -0.366 e. The first-order valence-corrected chi connectivity index (χ1v) is 8.15. The first-order valence-electron chi connectivity index (χ1n) is 7.77. The standard InChI is InChI=1S/C18H18ClN5/c1-2-20-18-23-16(15-5-3-4-10-21-15)11-17(24-18)22-12-13-6-8-14(19)9-7-13/h3-11H,2,12H2,1H3,(H2,20,22,23,24). The average molecular weight is 340 g/mol. The van der Waals surface area contributed by atoms with E-state index in [9.17, 15) is 0 Å². The van der Waals surface area contributed by atoms with Gasteiger partial charge in [0.25, 0.3) is 0 Å². The van der Waals surface area contributed by atoms with E-state index in [0.717, 1.165) is 34.3 Å². The number of aromatic nitrogens is 3. The summed E-state index contributed by atoms with van der Waals surface area (Å²) in [7, 11) is 0. The maximum atomic E-state index is 5.92. The second kappa shape index (κ2) is 7.75. The largest absolute Gasteiger partial charge is 0.366 e. The molecule has 0 atom stereocenters. The summed E-state index contributed by atoms with van der Waals surface area (Å²) in [6, 6.07) is 15.4. The molecule has 0 bridgehead atoms. The van der Waals surface area contributed by atoms with E-state index in [1.54, 1.807) is 6.20 Å². The number of hydrogen-bond acceptors (Lipinski definition) is 5. The summed E-state index contributed by atoms with van der Waals surface area (Å²) in [4.78, 5) is 13.4. The number of hydrogen-bond donors (Lipinski definition) is 2. The van der Waals surface area contributed by atoms with Gasteiger partial charge in [-0.15, -0.1) is 0 Å². The van der Waals surface area contributed by atoms with Crippen molar-refractivity contribution in [1.29, 1.82) is 0 Å². The van der Waals surface area contributed by atoms with Crippen LogP contribution in [0.5, 0.6) is 0 Å². The summed E-state index contributed by atoms with van der Waals surface area (Å²) >= 11 is 5.92. The molecule has 0 aliphatic heterocycles. The Hall–Kier alpha value is -2.66. The van der Waals surface area contributed by atoms with Gasteiger partial charge in [-0.2, -0.15) is 4.98 Å². The molecule has 1 aromatic carbocycles. The molecule has 0 radical (unpaired) electrons. The van der Waals surface area contributed by atoms with Gasteiger partial charge in [0.15, 0.2) is 0 Å². The monoisotopic (exact) mass is 339 g/mol. The van der Waals surface area contributed by atoms with Crippen molar-refractivity contribution in [2.24, 2.45) is 0 Å². The molecule has 0 saturated heterocycles. The van der Waals surface area contributed by atoms with Gasteiger partial charge in [0.1, 0.15) is 5.82 Å². The Kier molecular flexibility index (Phi) is 5.23. The summed E-state index contributed by atoms with van der Waals surface area (Å²) in [5, 5.41) is 7.21. The zero-order chi connectivity index (χ0) is 16.8. The normalized spacial score (nSPS) is 10.4. The van der Waals surface area contributed by atoms with Crippen molar-refractivity contribution in [3.63, 3.8) is 0 Å². The van der Waals surface area contributed by atoms with Gasteiger partial charge in [-0.3, -0.25) is 4.98 Å². The van der Waals surface area contributed by atoms with Crippen LogP contribution in [0.2, 0.25) is 5.02 Å². The number of halogens is 1. The molecule has 0 aliphatic carbocycles. The highest BCUT2D eigenvalue weighted by molar-refractivity contribution is 6.30. The third kappa shape index (κ3) is 4.20. The molecule has 2 aromatic heterocycles. The van der Waals surface area contributed by atoms with Gasteiger partial charge in [0.05, 0.1) is 11.4 Å². The lowest BCUT2D eigenvalue weighted by molar-refractivity contribution is 1.05. The fraction of sp³-hybridized carbons (Fsp3) is 0.167. The lowest BCUT2D eigenvalue weighted by Crippen LogP contribution is -2.07. The van der Waals surface area contributed by atoms with Gasteiger partial charge in [-0.1, -0.05) is 29.8 Å². The van der Waals surface area contributed by atoms with E-state index in [1.807, 2.05) is 55.5 Å². The molecule has 2 heterocycles. The molecule has 122 valence electrons. The van der Waals surface area contributed by atoms with Crippen molar-refractivity contribution in [3.05, 3.63) is 65.3 Å². The zero-order valence-corrected chi connectivity index (χ0v) is 14.1. The maximum absolute atomic E-state index is 5.92. The van der Waals surface area contributed by atoms with Gasteiger partial charge in [-0.05, 0) is 36.8 Å².